The first-order valence-corrected chi connectivity index (χ1v) is 7.07. The molecule has 0 saturated carbocycles. The highest BCUT2D eigenvalue weighted by atomic mass is 15.1. The molecule has 1 atom stereocenters. The number of nitrogens with one attached hydrogen (secondary N) is 2. The average Bonchev–Trinajstić information content (AvgIpc) is 2.45. The lowest BCUT2D eigenvalue weighted by atomic mass is 10.2. The number of hydrogen-bond donors (Lipinski definition) is 2. The summed E-state index contributed by atoms with van der Waals surface area (Å²) in [4.78, 5) is 8.83. The highest BCUT2D eigenvalue weighted by molar-refractivity contribution is 5.48. The van der Waals surface area contributed by atoms with Crippen LogP contribution in [0, 0.1) is 6.92 Å². The molecule has 0 saturated heterocycles. The second-order valence-corrected chi connectivity index (χ2v) is 4.98. The summed E-state index contributed by atoms with van der Waals surface area (Å²) in [7, 11) is 0. The third-order valence-electron chi connectivity index (χ3n) is 3.16. The summed E-state index contributed by atoms with van der Waals surface area (Å²) in [6.07, 6.45) is 1.07. The van der Waals surface area contributed by atoms with Crippen LogP contribution < -0.4 is 10.6 Å². The van der Waals surface area contributed by atoms with Gasteiger partial charge in [0.05, 0.1) is 0 Å². The highest BCUT2D eigenvalue weighted by Crippen LogP contribution is 2.14. The SMILES string of the molecule is CCC(C)Nc1cc(NCc2ccccc2)nc(C)n1. The van der Waals surface area contributed by atoms with Crippen molar-refractivity contribution in [1.82, 2.24) is 9.97 Å². The van der Waals surface area contributed by atoms with Gasteiger partial charge in [0.2, 0.25) is 0 Å². The number of aryl methyl sites for hydroxylation is 1. The first kappa shape index (κ1) is 14.3. The van der Waals surface area contributed by atoms with Crippen molar-refractivity contribution in [2.24, 2.45) is 0 Å². The standard InChI is InChI=1S/C16H22N4/c1-4-12(2)18-16-10-15(19-13(3)20-16)17-11-14-8-6-5-7-9-14/h5-10,12H,4,11H2,1-3H3,(H2,17,18,19,20). The minimum atomic E-state index is 0.409. The molecule has 0 aliphatic rings. The minimum Gasteiger partial charge on any atom is -0.367 e. The van der Waals surface area contributed by atoms with Crippen LogP contribution >= 0.6 is 0 Å². The zero-order valence-corrected chi connectivity index (χ0v) is 12.4. The van der Waals surface area contributed by atoms with E-state index in [-0.39, 0.29) is 0 Å². The van der Waals surface area contributed by atoms with Crippen LogP contribution in [0.1, 0.15) is 31.7 Å². The molecule has 4 heteroatoms. The minimum absolute atomic E-state index is 0.409. The van der Waals surface area contributed by atoms with Crippen molar-refractivity contribution in [3.05, 3.63) is 47.8 Å². The zero-order valence-electron chi connectivity index (χ0n) is 12.4. The van der Waals surface area contributed by atoms with Crippen LogP contribution in [0.15, 0.2) is 36.4 Å². The molecule has 106 valence electrons. The molecule has 1 heterocycles. The molecule has 0 amide bonds. The number of hydrogen-bond acceptors (Lipinski definition) is 4. The quantitative estimate of drug-likeness (QED) is 0.842. The van der Waals surface area contributed by atoms with Crippen molar-refractivity contribution in [3.8, 4) is 0 Å². The maximum atomic E-state index is 4.42. The number of anilines is 2. The van der Waals surface area contributed by atoms with Crippen LogP contribution in [-0.4, -0.2) is 16.0 Å². The van der Waals surface area contributed by atoms with Gasteiger partial charge >= 0.3 is 0 Å². The fraction of sp³-hybridized carbons (Fsp3) is 0.375. The predicted octanol–water partition coefficient (Wildman–Crippen LogP) is 3.61. The van der Waals surface area contributed by atoms with Crippen LogP contribution in [0.5, 0.6) is 0 Å². The lowest BCUT2D eigenvalue weighted by Gasteiger charge is -2.14. The summed E-state index contributed by atoms with van der Waals surface area (Å²) in [5.41, 5.74) is 1.24. The Balaban J connectivity index is 2.04. The van der Waals surface area contributed by atoms with E-state index in [1.54, 1.807) is 0 Å². The van der Waals surface area contributed by atoms with Crippen molar-refractivity contribution in [3.63, 3.8) is 0 Å². The van der Waals surface area contributed by atoms with E-state index >= 15 is 0 Å². The molecule has 1 unspecified atom stereocenters. The van der Waals surface area contributed by atoms with Crippen molar-refractivity contribution in [2.45, 2.75) is 39.8 Å². The molecule has 1 aromatic heterocycles. The van der Waals surface area contributed by atoms with Crippen molar-refractivity contribution in [1.29, 1.82) is 0 Å². The second kappa shape index (κ2) is 6.89. The van der Waals surface area contributed by atoms with E-state index in [9.17, 15) is 0 Å². The van der Waals surface area contributed by atoms with Crippen LogP contribution in [-0.2, 0) is 6.54 Å². The Morgan fingerprint density at radius 2 is 1.80 bits per heavy atom. The van der Waals surface area contributed by atoms with E-state index in [0.717, 1.165) is 30.4 Å². The predicted molar refractivity (Wildman–Crippen MR) is 83.9 cm³/mol. The molecule has 0 radical (unpaired) electrons. The Labute approximate surface area is 120 Å². The van der Waals surface area contributed by atoms with Gasteiger partial charge in [0.25, 0.3) is 0 Å². The van der Waals surface area contributed by atoms with E-state index in [4.69, 9.17) is 0 Å². The molecular weight excluding hydrogens is 248 g/mol. The summed E-state index contributed by atoms with van der Waals surface area (Å²) in [6.45, 7) is 6.98. The molecule has 0 aliphatic heterocycles. The fourth-order valence-corrected chi connectivity index (χ4v) is 1.88. The van der Waals surface area contributed by atoms with E-state index in [1.165, 1.54) is 5.56 Å². The van der Waals surface area contributed by atoms with E-state index in [2.05, 4.69) is 46.6 Å². The summed E-state index contributed by atoms with van der Waals surface area (Å²) in [5.74, 6) is 2.50. The van der Waals surface area contributed by atoms with Crippen molar-refractivity contribution in [2.75, 3.05) is 10.6 Å². The van der Waals surface area contributed by atoms with E-state index in [1.807, 2.05) is 31.2 Å². The van der Waals surface area contributed by atoms with Gasteiger partial charge in [0.15, 0.2) is 0 Å². The maximum Gasteiger partial charge on any atom is 0.132 e. The maximum absolute atomic E-state index is 4.42. The summed E-state index contributed by atoms with van der Waals surface area (Å²) < 4.78 is 0. The molecular formula is C16H22N4. The van der Waals surface area contributed by atoms with Crippen LogP contribution in [0.25, 0.3) is 0 Å². The Kier molecular flexibility index (Phi) is 4.93. The van der Waals surface area contributed by atoms with Crippen molar-refractivity contribution < 1.29 is 0 Å². The Morgan fingerprint density at radius 3 is 2.50 bits per heavy atom. The van der Waals surface area contributed by atoms with Gasteiger partial charge < -0.3 is 10.6 Å². The average molecular weight is 270 g/mol. The van der Waals surface area contributed by atoms with Gasteiger partial charge in [-0.05, 0) is 25.8 Å². The smallest absolute Gasteiger partial charge is 0.132 e. The van der Waals surface area contributed by atoms with Crippen LogP contribution in [0.3, 0.4) is 0 Å². The molecule has 0 aliphatic carbocycles. The number of nitrogens with zero attached hydrogens (tertiary/aromatic N) is 2. The van der Waals surface area contributed by atoms with Gasteiger partial charge in [-0.2, -0.15) is 0 Å². The lowest BCUT2D eigenvalue weighted by Crippen LogP contribution is -2.15. The summed E-state index contributed by atoms with van der Waals surface area (Å²) >= 11 is 0. The first-order valence-electron chi connectivity index (χ1n) is 7.07. The lowest BCUT2D eigenvalue weighted by molar-refractivity contribution is 0.757. The largest absolute Gasteiger partial charge is 0.367 e. The summed E-state index contributed by atoms with van der Waals surface area (Å²) in [6, 6.07) is 12.7. The van der Waals surface area contributed by atoms with Gasteiger partial charge in [-0.25, -0.2) is 9.97 Å². The molecule has 2 N–H and O–H groups in total. The van der Waals surface area contributed by atoms with Crippen LogP contribution in [0.2, 0.25) is 0 Å². The number of aromatic nitrogens is 2. The second-order valence-electron chi connectivity index (χ2n) is 4.98. The Hall–Kier alpha value is -2.10. The third kappa shape index (κ3) is 4.23. The molecule has 1 aromatic carbocycles. The summed E-state index contributed by atoms with van der Waals surface area (Å²) in [5, 5.41) is 6.72. The van der Waals surface area contributed by atoms with E-state index < -0.39 is 0 Å². The van der Waals surface area contributed by atoms with Gasteiger partial charge in [0.1, 0.15) is 17.5 Å². The number of benzene rings is 1. The molecule has 0 bridgehead atoms. The fourth-order valence-electron chi connectivity index (χ4n) is 1.88. The van der Waals surface area contributed by atoms with Gasteiger partial charge in [-0.3, -0.25) is 0 Å². The molecule has 20 heavy (non-hydrogen) atoms. The van der Waals surface area contributed by atoms with Crippen LogP contribution in [0.4, 0.5) is 11.6 Å². The Morgan fingerprint density at radius 1 is 1.10 bits per heavy atom. The van der Waals surface area contributed by atoms with E-state index in [0.29, 0.717) is 6.04 Å². The molecule has 2 aromatic rings. The normalized spacial score (nSPS) is 11.9. The Bertz CT molecular complexity index is 539. The van der Waals surface area contributed by atoms with Gasteiger partial charge in [-0.1, -0.05) is 37.3 Å². The topological polar surface area (TPSA) is 49.8 Å². The van der Waals surface area contributed by atoms with Gasteiger partial charge in [0, 0.05) is 18.7 Å². The molecule has 2 rings (SSSR count). The molecule has 0 spiro atoms. The third-order valence-corrected chi connectivity index (χ3v) is 3.16. The highest BCUT2D eigenvalue weighted by Gasteiger charge is 2.04. The molecule has 4 nitrogen and oxygen atoms in total. The van der Waals surface area contributed by atoms with Crippen molar-refractivity contribution >= 4 is 11.6 Å². The molecule has 0 fully saturated rings. The number of rotatable bonds is 6. The zero-order chi connectivity index (χ0) is 14.4. The first-order chi connectivity index (χ1) is 9.67. The monoisotopic (exact) mass is 270 g/mol. The van der Waals surface area contributed by atoms with Gasteiger partial charge in [-0.15, -0.1) is 0 Å².